The van der Waals surface area contributed by atoms with Crippen LogP contribution in [0.25, 0.3) is 0 Å². The van der Waals surface area contributed by atoms with Gasteiger partial charge >= 0.3 is 0 Å². The Morgan fingerprint density at radius 3 is 2.37 bits per heavy atom. The topological polar surface area (TPSA) is 52.7 Å². The summed E-state index contributed by atoms with van der Waals surface area (Å²) in [6, 6.07) is 19.9. The molecule has 5 heteroatoms. The van der Waals surface area contributed by atoms with E-state index in [1.54, 1.807) is 0 Å². The fourth-order valence-electron chi connectivity index (χ4n) is 3.53. The maximum Gasteiger partial charge on any atom is 0.243 e. The summed E-state index contributed by atoms with van der Waals surface area (Å²) in [6.07, 6.45) is 2.73. The lowest BCUT2D eigenvalue weighted by Gasteiger charge is -2.27. The van der Waals surface area contributed by atoms with Gasteiger partial charge in [-0.1, -0.05) is 48.5 Å². The second kappa shape index (κ2) is 7.82. The molecule has 0 aromatic heterocycles. The maximum absolute atomic E-state index is 12.9. The Bertz CT molecular complexity index is 790. The van der Waals surface area contributed by atoms with Crippen molar-refractivity contribution in [2.24, 2.45) is 11.8 Å². The van der Waals surface area contributed by atoms with Crippen molar-refractivity contribution in [1.29, 1.82) is 0 Å². The van der Waals surface area contributed by atoms with Gasteiger partial charge in [0.15, 0.2) is 0 Å². The molecule has 0 spiro atoms. The summed E-state index contributed by atoms with van der Waals surface area (Å²) in [5.41, 5.74) is 5.08. The molecule has 1 N–H and O–H groups in total. The van der Waals surface area contributed by atoms with E-state index in [1.165, 1.54) is 12.8 Å². The highest BCUT2D eigenvalue weighted by Crippen LogP contribution is 2.32. The molecule has 2 aliphatic rings. The number of nitrogens with zero attached hydrogens (tertiary/aromatic N) is 2. The molecular formula is C22H25N3O2. The van der Waals surface area contributed by atoms with Crippen LogP contribution in [-0.2, 0) is 16.1 Å². The van der Waals surface area contributed by atoms with Gasteiger partial charge in [0.2, 0.25) is 11.8 Å². The minimum absolute atomic E-state index is 0.0820. The second-order valence-electron chi connectivity index (χ2n) is 7.53. The van der Waals surface area contributed by atoms with E-state index in [1.807, 2.05) is 70.6 Å². The highest BCUT2D eigenvalue weighted by atomic mass is 16.2. The van der Waals surface area contributed by atoms with Crippen LogP contribution in [0.3, 0.4) is 0 Å². The van der Waals surface area contributed by atoms with E-state index >= 15 is 0 Å². The van der Waals surface area contributed by atoms with Crippen LogP contribution in [0.4, 0.5) is 5.69 Å². The number of para-hydroxylation sites is 1. The van der Waals surface area contributed by atoms with Crippen molar-refractivity contribution in [3.8, 4) is 0 Å². The first-order valence-corrected chi connectivity index (χ1v) is 9.64. The first kappa shape index (κ1) is 17.6. The van der Waals surface area contributed by atoms with Crippen LogP contribution >= 0.6 is 0 Å². The molecule has 4 rings (SSSR count). The first-order valence-electron chi connectivity index (χ1n) is 9.64. The smallest absolute Gasteiger partial charge is 0.243 e. The molecule has 1 aliphatic heterocycles. The Hall–Kier alpha value is -2.82. The number of nitrogens with one attached hydrogen (secondary N) is 1. The van der Waals surface area contributed by atoms with Crippen LogP contribution in [0.5, 0.6) is 0 Å². The van der Waals surface area contributed by atoms with E-state index in [0.717, 1.165) is 17.8 Å². The third-order valence-electron chi connectivity index (χ3n) is 5.26. The average molecular weight is 363 g/mol. The van der Waals surface area contributed by atoms with Crippen molar-refractivity contribution in [2.75, 3.05) is 18.1 Å². The number of hydrazine groups is 1. The van der Waals surface area contributed by atoms with Crippen molar-refractivity contribution < 1.29 is 9.59 Å². The zero-order chi connectivity index (χ0) is 18.6. The van der Waals surface area contributed by atoms with Crippen LogP contribution < -0.4 is 10.4 Å². The second-order valence-corrected chi connectivity index (χ2v) is 7.53. The van der Waals surface area contributed by atoms with E-state index < -0.39 is 0 Å². The zero-order valence-electron chi connectivity index (χ0n) is 15.4. The molecule has 2 aromatic rings. The monoisotopic (exact) mass is 363 g/mol. The molecule has 0 bridgehead atoms. The predicted molar refractivity (Wildman–Crippen MR) is 105 cm³/mol. The van der Waals surface area contributed by atoms with Gasteiger partial charge in [0.1, 0.15) is 0 Å². The molecule has 1 atom stereocenters. The Labute approximate surface area is 159 Å². The SMILES string of the molecule is O=C(NN(Cc1ccccc1)c1ccccc1)C1CC(=O)N(CC2CC2)C1. The quantitative estimate of drug-likeness (QED) is 0.770. The summed E-state index contributed by atoms with van der Waals surface area (Å²) in [6.45, 7) is 1.92. The van der Waals surface area contributed by atoms with Crippen molar-refractivity contribution >= 4 is 17.5 Å². The van der Waals surface area contributed by atoms with E-state index in [-0.39, 0.29) is 17.7 Å². The average Bonchev–Trinajstić information content (AvgIpc) is 3.44. The number of benzene rings is 2. The van der Waals surface area contributed by atoms with Crippen molar-refractivity contribution in [2.45, 2.75) is 25.8 Å². The van der Waals surface area contributed by atoms with E-state index in [4.69, 9.17) is 0 Å². The summed E-state index contributed by atoms with van der Waals surface area (Å²) >= 11 is 0. The normalized spacial score (nSPS) is 19.2. The molecule has 0 radical (unpaired) electrons. The van der Waals surface area contributed by atoms with Gasteiger partial charge < -0.3 is 4.90 Å². The van der Waals surface area contributed by atoms with Crippen LogP contribution in [0.15, 0.2) is 60.7 Å². The van der Waals surface area contributed by atoms with Gasteiger partial charge in [0, 0.05) is 19.5 Å². The number of hydrogen-bond donors (Lipinski definition) is 1. The number of likely N-dealkylation sites (tertiary alicyclic amines) is 1. The highest BCUT2D eigenvalue weighted by Gasteiger charge is 2.37. The molecule has 27 heavy (non-hydrogen) atoms. The van der Waals surface area contributed by atoms with Gasteiger partial charge in [-0.25, -0.2) is 0 Å². The zero-order valence-corrected chi connectivity index (χ0v) is 15.4. The molecule has 5 nitrogen and oxygen atoms in total. The standard InChI is InChI=1S/C22H25N3O2/c26-21-13-19(16-24(21)14-18-11-12-18)22(27)23-25(20-9-5-2-6-10-20)15-17-7-3-1-4-8-17/h1-10,18-19H,11-16H2,(H,23,27). The minimum atomic E-state index is -0.279. The summed E-state index contributed by atoms with van der Waals surface area (Å²) in [7, 11) is 0. The molecule has 1 aliphatic carbocycles. The molecule has 2 aromatic carbocycles. The van der Waals surface area contributed by atoms with E-state index in [9.17, 15) is 9.59 Å². The third kappa shape index (κ3) is 4.48. The molecule has 1 unspecified atom stereocenters. The molecule has 1 saturated heterocycles. The molecule has 2 fully saturated rings. The molecule has 1 heterocycles. The van der Waals surface area contributed by atoms with Gasteiger partial charge in [-0.3, -0.25) is 20.0 Å². The van der Waals surface area contributed by atoms with Gasteiger partial charge in [-0.15, -0.1) is 0 Å². The minimum Gasteiger partial charge on any atom is -0.342 e. The van der Waals surface area contributed by atoms with Crippen LogP contribution in [0.1, 0.15) is 24.8 Å². The number of hydrogen-bond acceptors (Lipinski definition) is 3. The predicted octanol–water partition coefficient (Wildman–Crippen LogP) is 2.98. The van der Waals surface area contributed by atoms with Crippen molar-refractivity contribution in [3.63, 3.8) is 0 Å². The Morgan fingerprint density at radius 1 is 1.04 bits per heavy atom. The summed E-state index contributed by atoms with van der Waals surface area (Å²) in [4.78, 5) is 27.0. The first-order chi connectivity index (χ1) is 13.2. The van der Waals surface area contributed by atoms with E-state index in [2.05, 4.69) is 5.43 Å². The van der Waals surface area contributed by atoms with Crippen LogP contribution in [0.2, 0.25) is 0 Å². The number of anilines is 1. The Morgan fingerprint density at radius 2 is 1.70 bits per heavy atom. The molecule has 2 amide bonds. The summed E-state index contributed by atoms with van der Waals surface area (Å²) in [5, 5.41) is 1.87. The third-order valence-corrected chi connectivity index (χ3v) is 5.26. The highest BCUT2D eigenvalue weighted by molar-refractivity contribution is 5.89. The fourth-order valence-corrected chi connectivity index (χ4v) is 3.53. The largest absolute Gasteiger partial charge is 0.342 e. The summed E-state index contributed by atoms with van der Waals surface area (Å²) < 4.78 is 0. The van der Waals surface area contributed by atoms with Gasteiger partial charge in [0.25, 0.3) is 0 Å². The molecular weight excluding hydrogens is 338 g/mol. The van der Waals surface area contributed by atoms with E-state index in [0.29, 0.717) is 25.4 Å². The number of carbonyl (C=O) groups excluding carboxylic acids is 2. The molecule has 1 saturated carbocycles. The van der Waals surface area contributed by atoms with Gasteiger partial charge in [0.05, 0.1) is 18.2 Å². The van der Waals surface area contributed by atoms with Gasteiger partial charge in [-0.2, -0.15) is 0 Å². The number of rotatable bonds is 7. The van der Waals surface area contributed by atoms with Crippen LogP contribution in [0, 0.1) is 11.8 Å². The van der Waals surface area contributed by atoms with Crippen molar-refractivity contribution in [3.05, 3.63) is 66.2 Å². The lowest BCUT2D eigenvalue weighted by Crippen LogP contribution is -2.45. The number of carbonyl (C=O) groups is 2. The molecule has 140 valence electrons. The lowest BCUT2D eigenvalue weighted by molar-refractivity contribution is -0.129. The lowest BCUT2D eigenvalue weighted by atomic mass is 10.1. The number of amides is 2. The van der Waals surface area contributed by atoms with Crippen LogP contribution in [-0.4, -0.2) is 29.8 Å². The van der Waals surface area contributed by atoms with Gasteiger partial charge in [-0.05, 0) is 36.5 Å². The maximum atomic E-state index is 12.9. The van der Waals surface area contributed by atoms with Crippen molar-refractivity contribution in [1.82, 2.24) is 10.3 Å². The fraction of sp³-hybridized carbons (Fsp3) is 0.364. The Balaban J connectivity index is 1.44. The Kier molecular flexibility index (Phi) is 5.10. The summed E-state index contributed by atoms with van der Waals surface area (Å²) in [5.74, 6) is 0.394.